The predicted molar refractivity (Wildman–Crippen MR) is 119 cm³/mol. The molecule has 3 heterocycles. The highest BCUT2D eigenvalue weighted by Crippen LogP contribution is 2.28. The Bertz CT molecular complexity index is 1300. The van der Waals surface area contributed by atoms with E-state index in [4.69, 9.17) is 18.9 Å². The van der Waals surface area contributed by atoms with Crippen LogP contribution in [0.25, 0.3) is 11.2 Å². The molecule has 1 fully saturated rings. The number of aromatic nitrogens is 4. The zero-order chi connectivity index (χ0) is 25.7. The zero-order valence-corrected chi connectivity index (χ0v) is 19.4. The van der Waals surface area contributed by atoms with E-state index < -0.39 is 23.4 Å². The zero-order valence-electron chi connectivity index (χ0n) is 19.4. The standard InChI is InChI=1S/C22H25F3N4O7/c1-28-18-17(26-20(27-18)35-14-5-4-6-15(13-14)36-22(23,24)25)19(30)29(21(28)31)8-10-32-11-12-34-16-7-2-3-9-33-16/h4-6,13,16H,2-3,7-12H2,1H3,(H,26,27). The van der Waals surface area contributed by atoms with Gasteiger partial charge in [-0.3, -0.25) is 13.9 Å². The Morgan fingerprint density at radius 2 is 1.97 bits per heavy atom. The molecule has 36 heavy (non-hydrogen) atoms. The van der Waals surface area contributed by atoms with Crippen molar-refractivity contribution in [1.29, 1.82) is 0 Å². The number of imidazole rings is 1. The lowest BCUT2D eigenvalue weighted by atomic mass is 10.2. The van der Waals surface area contributed by atoms with Gasteiger partial charge in [-0.15, -0.1) is 13.2 Å². The molecule has 1 aliphatic heterocycles. The Labute approximate surface area is 202 Å². The maximum absolute atomic E-state index is 12.9. The SMILES string of the molecule is Cn1c(=O)n(CCOCCOC2CCCCO2)c(=O)c2[nH]c(Oc3cccc(OC(F)(F)F)c3)nc21. The first-order valence-corrected chi connectivity index (χ1v) is 11.3. The lowest BCUT2D eigenvalue weighted by Crippen LogP contribution is -2.40. The number of hydrogen-bond donors (Lipinski definition) is 1. The first-order chi connectivity index (χ1) is 17.2. The highest BCUT2D eigenvalue weighted by molar-refractivity contribution is 5.70. The fourth-order valence-electron chi connectivity index (χ4n) is 3.66. The van der Waals surface area contributed by atoms with Crippen LogP contribution < -0.4 is 20.7 Å². The quantitative estimate of drug-likeness (QED) is 0.411. The summed E-state index contributed by atoms with van der Waals surface area (Å²) in [5.41, 5.74) is -1.23. The molecule has 1 saturated heterocycles. The number of ether oxygens (including phenoxy) is 5. The number of nitrogens with one attached hydrogen (secondary N) is 1. The van der Waals surface area contributed by atoms with Crippen LogP contribution in [0.1, 0.15) is 19.3 Å². The van der Waals surface area contributed by atoms with Crippen molar-refractivity contribution in [2.75, 3.05) is 26.4 Å². The molecule has 0 aliphatic carbocycles. The van der Waals surface area contributed by atoms with Crippen LogP contribution in [-0.4, -0.2) is 58.2 Å². The monoisotopic (exact) mass is 514 g/mol. The van der Waals surface area contributed by atoms with E-state index in [1.54, 1.807) is 0 Å². The van der Waals surface area contributed by atoms with Crippen LogP contribution in [0, 0.1) is 0 Å². The normalized spacial score (nSPS) is 16.4. The third kappa shape index (κ3) is 6.44. The summed E-state index contributed by atoms with van der Waals surface area (Å²) in [5, 5.41) is 0. The van der Waals surface area contributed by atoms with Crippen molar-refractivity contribution in [3.8, 4) is 17.5 Å². The fourth-order valence-corrected chi connectivity index (χ4v) is 3.66. The van der Waals surface area contributed by atoms with Crippen LogP contribution in [-0.2, 0) is 27.8 Å². The van der Waals surface area contributed by atoms with Crippen molar-refractivity contribution in [2.45, 2.75) is 38.5 Å². The van der Waals surface area contributed by atoms with Crippen molar-refractivity contribution < 1.29 is 36.9 Å². The van der Waals surface area contributed by atoms with Gasteiger partial charge in [0.2, 0.25) is 0 Å². The number of benzene rings is 1. The largest absolute Gasteiger partial charge is 0.573 e. The Balaban J connectivity index is 1.40. The smallest absolute Gasteiger partial charge is 0.425 e. The highest BCUT2D eigenvalue weighted by Gasteiger charge is 2.31. The van der Waals surface area contributed by atoms with Gasteiger partial charge < -0.3 is 28.7 Å². The summed E-state index contributed by atoms with van der Waals surface area (Å²) in [6.07, 6.45) is -2.16. The average Bonchev–Trinajstić information content (AvgIpc) is 3.25. The molecular formula is C22H25F3N4O7. The molecule has 2 aromatic heterocycles. The molecule has 1 N–H and O–H groups in total. The number of hydrogen-bond acceptors (Lipinski definition) is 8. The van der Waals surface area contributed by atoms with Crippen molar-refractivity contribution in [3.05, 3.63) is 45.1 Å². The van der Waals surface area contributed by atoms with Gasteiger partial charge in [0.05, 0.1) is 26.4 Å². The van der Waals surface area contributed by atoms with Gasteiger partial charge in [0.25, 0.3) is 5.56 Å². The third-order valence-electron chi connectivity index (χ3n) is 5.34. The number of aryl methyl sites for hydroxylation is 1. The first kappa shape index (κ1) is 25.7. The van der Waals surface area contributed by atoms with Gasteiger partial charge in [-0.1, -0.05) is 6.07 Å². The summed E-state index contributed by atoms with van der Waals surface area (Å²) in [6.45, 7) is 1.37. The van der Waals surface area contributed by atoms with Crippen molar-refractivity contribution in [3.63, 3.8) is 0 Å². The molecule has 11 nitrogen and oxygen atoms in total. The summed E-state index contributed by atoms with van der Waals surface area (Å²) >= 11 is 0. The van der Waals surface area contributed by atoms with E-state index >= 15 is 0 Å². The molecule has 0 bridgehead atoms. The summed E-state index contributed by atoms with van der Waals surface area (Å²) in [6, 6.07) is 4.63. The summed E-state index contributed by atoms with van der Waals surface area (Å²) in [4.78, 5) is 32.3. The Kier molecular flexibility index (Phi) is 7.96. The van der Waals surface area contributed by atoms with E-state index in [0.29, 0.717) is 13.2 Å². The van der Waals surface area contributed by atoms with E-state index in [2.05, 4.69) is 14.7 Å². The summed E-state index contributed by atoms with van der Waals surface area (Å²) in [5.74, 6) is -0.502. The van der Waals surface area contributed by atoms with Gasteiger partial charge in [0.15, 0.2) is 17.5 Å². The number of H-pyrrole nitrogens is 1. The number of nitrogens with zero attached hydrogens (tertiary/aromatic N) is 3. The fraction of sp³-hybridized carbons (Fsp3) is 0.500. The second-order valence-electron chi connectivity index (χ2n) is 7.94. The van der Waals surface area contributed by atoms with Crippen LogP contribution in [0.2, 0.25) is 0 Å². The minimum absolute atomic E-state index is 0.00654. The second-order valence-corrected chi connectivity index (χ2v) is 7.94. The molecule has 1 unspecified atom stereocenters. The van der Waals surface area contributed by atoms with Crippen LogP contribution in [0.15, 0.2) is 33.9 Å². The molecule has 0 radical (unpaired) electrons. The molecule has 14 heteroatoms. The van der Waals surface area contributed by atoms with Gasteiger partial charge in [-0.05, 0) is 31.4 Å². The summed E-state index contributed by atoms with van der Waals surface area (Å²) in [7, 11) is 1.43. The predicted octanol–water partition coefficient (Wildman–Crippen LogP) is 2.67. The molecule has 0 amide bonds. The average molecular weight is 514 g/mol. The molecule has 3 aromatic rings. The third-order valence-corrected chi connectivity index (χ3v) is 5.34. The lowest BCUT2D eigenvalue weighted by Gasteiger charge is -2.22. The molecular weight excluding hydrogens is 489 g/mol. The molecule has 0 spiro atoms. The molecule has 1 aliphatic rings. The van der Waals surface area contributed by atoms with E-state index in [1.807, 2.05) is 0 Å². The maximum atomic E-state index is 12.9. The lowest BCUT2D eigenvalue weighted by molar-refractivity contribution is -0.274. The number of alkyl halides is 3. The minimum atomic E-state index is -4.86. The second kappa shape index (κ2) is 11.1. The highest BCUT2D eigenvalue weighted by atomic mass is 19.4. The van der Waals surface area contributed by atoms with Crippen LogP contribution in [0.4, 0.5) is 13.2 Å². The van der Waals surface area contributed by atoms with Crippen LogP contribution in [0.3, 0.4) is 0 Å². The molecule has 1 aromatic carbocycles. The molecule has 1 atom stereocenters. The number of fused-ring (bicyclic) bond motifs is 1. The van der Waals surface area contributed by atoms with E-state index in [1.165, 1.54) is 19.2 Å². The van der Waals surface area contributed by atoms with Crippen molar-refractivity contribution in [2.24, 2.45) is 7.05 Å². The number of rotatable bonds is 10. The van der Waals surface area contributed by atoms with Crippen LogP contribution >= 0.6 is 0 Å². The van der Waals surface area contributed by atoms with Gasteiger partial charge in [-0.25, -0.2) is 4.79 Å². The van der Waals surface area contributed by atoms with E-state index in [-0.39, 0.29) is 49.0 Å². The summed E-state index contributed by atoms with van der Waals surface area (Å²) < 4.78 is 65.4. The Hall–Kier alpha value is -3.36. The van der Waals surface area contributed by atoms with E-state index in [9.17, 15) is 22.8 Å². The topological polar surface area (TPSA) is 119 Å². The minimum Gasteiger partial charge on any atom is -0.425 e. The Morgan fingerprint density at radius 3 is 2.72 bits per heavy atom. The van der Waals surface area contributed by atoms with Gasteiger partial charge in [-0.2, -0.15) is 4.98 Å². The molecule has 196 valence electrons. The maximum Gasteiger partial charge on any atom is 0.573 e. The van der Waals surface area contributed by atoms with Gasteiger partial charge >= 0.3 is 18.1 Å². The molecule has 0 saturated carbocycles. The van der Waals surface area contributed by atoms with E-state index in [0.717, 1.165) is 40.5 Å². The van der Waals surface area contributed by atoms with Gasteiger partial charge in [0.1, 0.15) is 11.5 Å². The molecule has 4 rings (SSSR count). The Morgan fingerprint density at radius 1 is 1.17 bits per heavy atom. The van der Waals surface area contributed by atoms with Crippen LogP contribution in [0.5, 0.6) is 17.5 Å². The van der Waals surface area contributed by atoms with Crippen molar-refractivity contribution in [1.82, 2.24) is 19.1 Å². The number of halogens is 3. The van der Waals surface area contributed by atoms with Gasteiger partial charge in [0, 0.05) is 19.7 Å². The van der Waals surface area contributed by atoms with Crippen molar-refractivity contribution >= 4 is 11.2 Å². The number of aromatic amines is 1. The first-order valence-electron chi connectivity index (χ1n) is 11.3.